The van der Waals surface area contributed by atoms with Crippen LogP contribution in [0.5, 0.6) is 0 Å². The van der Waals surface area contributed by atoms with Gasteiger partial charge in [-0.15, -0.1) is 0 Å². The fourth-order valence-corrected chi connectivity index (χ4v) is 2.15. The fraction of sp³-hybridized carbons (Fsp3) is 0.500. The first kappa shape index (κ1) is 13.8. The lowest BCUT2D eigenvalue weighted by Gasteiger charge is -2.25. The van der Waals surface area contributed by atoms with Crippen molar-refractivity contribution < 1.29 is 4.42 Å². The molecular weight excluding hydrogens is 242 g/mol. The molecule has 1 aromatic carbocycles. The molecule has 0 atom stereocenters. The molecule has 0 radical (unpaired) electrons. The van der Waals surface area contributed by atoms with Crippen molar-refractivity contribution in [3.8, 4) is 0 Å². The Bertz CT molecular complexity index is 598. The average Bonchev–Trinajstić information content (AvgIpc) is 2.68. The van der Waals surface area contributed by atoms with Crippen LogP contribution in [-0.4, -0.2) is 23.6 Å². The van der Waals surface area contributed by atoms with E-state index in [9.17, 15) is 4.79 Å². The summed E-state index contributed by atoms with van der Waals surface area (Å²) in [5.74, 6) is -0.408. The highest BCUT2D eigenvalue weighted by atomic mass is 16.4. The lowest BCUT2D eigenvalue weighted by atomic mass is 10.0. The van der Waals surface area contributed by atoms with E-state index >= 15 is 0 Å². The second-order valence-corrected chi connectivity index (χ2v) is 5.44. The smallest absolute Gasteiger partial charge is 0.408 e. The monoisotopic (exact) mass is 263 g/mol. The molecule has 0 saturated heterocycles. The molecule has 1 heterocycles. The Labute approximate surface area is 112 Å². The Morgan fingerprint density at radius 1 is 1.42 bits per heavy atom. The van der Waals surface area contributed by atoms with Gasteiger partial charge in [0.15, 0.2) is 5.58 Å². The highest BCUT2D eigenvalue weighted by Crippen LogP contribution is 2.13. The number of fused-ring (bicyclic) bond motifs is 1. The van der Waals surface area contributed by atoms with Gasteiger partial charge in [-0.25, -0.2) is 4.79 Å². The summed E-state index contributed by atoms with van der Waals surface area (Å²) in [6.45, 7) is 5.86. The summed E-state index contributed by atoms with van der Waals surface area (Å²) in [4.78, 5) is 13.7. The Morgan fingerprint density at radius 2 is 2.21 bits per heavy atom. The van der Waals surface area contributed by atoms with Crippen molar-refractivity contribution in [2.45, 2.75) is 32.2 Å². The van der Waals surface area contributed by atoms with E-state index in [1.54, 1.807) is 0 Å². The Balaban J connectivity index is 1.96. The van der Waals surface area contributed by atoms with Gasteiger partial charge in [0, 0.05) is 5.54 Å². The van der Waals surface area contributed by atoms with E-state index in [-0.39, 0.29) is 5.54 Å². The van der Waals surface area contributed by atoms with Gasteiger partial charge in [0.05, 0.1) is 5.52 Å². The second-order valence-electron chi connectivity index (χ2n) is 5.44. The maximum Gasteiger partial charge on any atom is 0.417 e. The number of hydrogen-bond donors (Lipinski definition) is 3. The van der Waals surface area contributed by atoms with Crippen LogP contribution in [0.2, 0.25) is 0 Å². The SMILES string of the molecule is CC(C)(CCN)NCCc1ccc2oc(=O)[nH]c2c1. The van der Waals surface area contributed by atoms with Crippen molar-refractivity contribution in [2.24, 2.45) is 5.73 Å². The number of oxazole rings is 1. The van der Waals surface area contributed by atoms with Crippen LogP contribution < -0.4 is 16.8 Å². The van der Waals surface area contributed by atoms with Gasteiger partial charge >= 0.3 is 5.76 Å². The molecule has 0 unspecified atom stereocenters. The molecule has 19 heavy (non-hydrogen) atoms. The van der Waals surface area contributed by atoms with Crippen molar-refractivity contribution in [2.75, 3.05) is 13.1 Å². The first-order valence-electron chi connectivity index (χ1n) is 6.57. The summed E-state index contributed by atoms with van der Waals surface area (Å²) in [7, 11) is 0. The minimum Gasteiger partial charge on any atom is -0.408 e. The molecule has 0 amide bonds. The summed E-state index contributed by atoms with van der Waals surface area (Å²) >= 11 is 0. The van der Waals surface area contributed by atoms with E-state index in [0.29, 0.717) is 12.1 Å². The average molecular weight is 263 g/mol. The number of rotatable bonds is 6. The number of H-pyrrole nitrogens is 1. The highest BCUT2D eigenvalue weighted by Gasteiger charge is 2.14. The van der Waals surface area contributed by atoms with E-state index in [4.69, 9.17) is 10.2 Å². The zero-order chi connectivity index (χ0) is 13.9. The predicted octanol–water partition coefficient (Wildman–Crippen LogP) is 1.38. The molecular formula is C14H21N3O2. The Morgan fingerprint density at radius 3 is 2.95 bits per heavy atom. The van der Waals surface area contributed by atoms with Crippen LogP contribution in [0.15, 0.2) is 27.4 Å². The molecule has 0 spiro atoms. The number of nitrogens with two attached hydrogens (primary N) is 1. The van der Waals surface area contributed by atoms with Gasteiger partial charge in [-0.3, -0.25) is 4.98 Å². The topological polar surface area (TPSA) is 84.0 Å². The second kappa shape index (κ2) is 5.59. The van der Waals surface area contributed by atoms with Crippen LogP contribution in [-0.2, 0) is 6.42 Å². The first-order chi connectivity index (χ1) is 9.00. The molecule has 0 saturated carbocycles. The van der Waals surface area contributed by atoms with Gasteiger partial charge in [-0.05, 0) is 57.5 Å². The van der Waals surface area contributed by atoms with Crippen molar-refractivity contribution in [1.82, 2.24) is 10.3 Å². The van der Waals surface area contributed by atoms with Gasteiger partial charge in [0.1, 0.15) is 0 Å². The number of nitrogens with one attached hydrogen (secondary N) is 2. The molecule has 0 aliphatic carbocycles. The predicted molar refractivity (Wildman–Crippen MR) is 76.3 cm³/mol. The standard InChI is InChI=1S/C14H21N3O2/c1-14(2,6-7-15)16-8-5-10-3-4-12-11(9-10)17-13(18)19-12/h3-4,9,16H,5-8,15H2,1-2H3,(H,17,18). The lowest BCUT2D eigenvalue weighted by molar-refractivity contribution is 0.370. The molecule has 0 bridgehead atoms. The van der Waals surface area contributed by atoms with E-state index in [2.05, 4.69) is 24.1 Å². The van der Waals surface area contributed by atoms with E-state index < -0.39 is 5.76 Å². The molecule has 4 N–H and O–H groups in total. The molecule has 2 rings (SSSR count). The molecule has 104 valence electrons. The number of benzene rings is 1. The first-order valence-corrected chi connectivity index (χ1v) is 6.57. The van der Waals surface area contributed by atoms with Crippen LogP contribution in [0.3, 0.4) is 0 Å². The van der Waals surface area contributed by atoms with Crippen molar-refractivity contribution in [1.29, 1.82) is 0 Å². The van der Waals surface area contributed by atoms with E-state index in [0.717, 1.165) is 24.9 Å². The summed E-state index contributed by atoms with van der Waals surface area (Å²) in [5, 5.41) is 3.49. The molecule has 1 aromatic heterocycles. The Kier molecular flexibility index (Phi) is 4.07. The van der Waals surface area contributed by atoms with Crippen LogP contribution in [0.4, 0.5) is 0 Å². The third kappa shape index (κ3) is 3.68. The number of aromatic amines is 1. The highest BCUT2D eigenvalue weighted by molar-refractivity contribution is 5.72. The molecule has 2 aromatic rings. The normalized spacial score (nSPS) is 12.2. The summed E-state index contributed by atoms with van der Waals surface area (Å²) in [6.07, 6.45) is 1.85. The van der Waals surface area contributed by atoms with Crippen molar-refractivity contribution >= 4 is 11.1 Å². The zero-order valence-electron chi connectivity index (χ0n) is 11.5. The molecule has 5 nitrogen and oxygen atoms in total. The minimum atomic E-state index is -0.408. The fourth-order valence-electron chi connectivity index (χ4n) is 2.15. The molecule has 5 heteroatoms. The minimum absolute atomic E-state index is 0.0583. The van der Waals surface area contributed by atoms with Crippen molar-refractivity contribution in [3.63, 3.8) is 0 Å². The van der Waals surface area contributed by atoms with Crippen LogP contribution in [0.1, 0.15) is 25.8 Å². The van der Waals surface area contributed by atoms with Gasteiger partial charge in [-0.2, -0.15) is 0 Å². The number of aromatic nitrogens is 1. The van der Waals surface area contributed by atoms with Crippen LogP contribution in [0, 0.1) is 0 Å². The summed E-state index contributed by atoms with van der Waals surface area (Å²) in [6, 6.07) is 5.77. The molecule has 0 aliphatic rings. The largest absolute Gasteiger partial charge is 0.417 e. The third-order valence-electron chi connectivity index (χ3n) is 3.27. The van der Waals surface area contributed by atoms with E-state index in [1.165, 1.54) is 5.56 Å². The third-order valence-corrected chi connectivity index (χ3v) is 3.27. The summed E-state index contributed by atoms with van der Waals surface area (Å²) < 4.78 is 4.97. The lowest BCUT2D eigenvalue weighted by Crippen LogP contribution is -2.41. The van der Waals surface area contributed by atoms with Gasteiger partial charge in [0.25, 0.3) is 0 Å². The maximum atomic E-state index is 11.1. The van der Waals surface area contributed by atoms with Crippen LogP contribution >= 0.6 is 0 Å². The Hall–Kier alpha value is -1.59. The summed E-state index contributed by atoms with van der Waals surface area (Å²) in [5.41, 5.74) is 8.16. The van der Waals surface area contributed by atoms with Gasteiger partial charge in [0.2, 0.25) is 0 Å². The van der Waals surface area contributed by atoms with Gasteiger partial charge in [-0.1, -0.05) is 6.07 Å². The van der Waals surface area contributed by atoms with Crippen molar-refractivity contribution in [3.05, 3.63) is 34.3 Å². The molecule has 0 aliphatic heterocycles. The van der Waals surface area contributed by atoms with Crippen LogP contribution in [0.25, 0.3) is 11.1 Å². The van der Waals surface area contributed by atoms with E-state index in [1.807, 2.05) is 18.2 Å². The zero-order valence-corrected chi connectivity index (χ0v) is 11.5. The molecule has 0 fully saturated rings. The van der Waals surface area contributed by atoms with Gasteiger partial charge < -0.3 is 15.5 Å². The number of hydrogen-bond acceptors (Lipinski definition) is 4. The maximum absolute atomic E-state index is 11.1. The quantitative estimate of drug-likeness (QED) is 0.735.